The molecule has 11 heteroatoms. The first-order valence-electron chi connectivity index (χ1n) is 24.7. The first kappa shape index (κ1) is 59.7. The predicted molar refractivity (Wildman–Crippen MR) is 256 cm³/mol. The Morgan fingerprint density at radius 1 is 0.500 bits per heavy atom. The molecule has 0 aliphatic rings. The van der Waals surface area contributed by atoms with Gasteiger partial charge in [0, 0.05) is 12.8 Å². The van der Waals surface area contributed by atoms with Gasteiger partial charge in [0.2, 0.25) is 0 Å². The third-order valence-electron chi connectivity index (χ3n) is 10.4. The zero-order chi connectivity index (χ0) is 45.5. The molecule has 62 heavy (non-hydrogen) atoms. The molecule has 0 saturated carbocycles. The SMILES string of the molecule is CC/C=C/C/C=C/C/C=C/C/C=C/C/C=C/CCCCCC(=O)OC[C@H](COP(=O)(O)OC[C@@H](O)CO)OC(=O)CCCCCCCCCCCCCCCCCCCCCC. The zero-order valence-electron chi connectivity index (χ0n) is 39.3. The van der Waals surface area contributed by atoms with Crippen LogP contribution in [0, 0.1) is 0 Å². The summed E-state index contributed by atoms with van der Waals surface area (Å²) in [5.74, 6) is -0.957. The van der Waals surface area contributed by atoms with Gasteiger partial charge in [-0.2, -0.15) is 0 Å². The summed E-state index contributed by atoms with van der Waals surface area (Å²) in [6, 6.07) is 0. The van der Waals surface area contributed by atoms with E-state index in [4.69, 9.17) is 23.6 Å². The number of hydrogen-bond donors (Lipinski definition) is 3. The average molecular weight is 895 g/mol. The van der Waals surface area contributed by atoms with Crippen molar-refractivity contribution in [3.8, 4) is 0 Å². The third-order valence-corrected chi connectivity index (χ3v) is 11.4. The van der Waals surface area contributed by atoms with E-state index in [0.29, 0.717) is 12.8 Å². The summed E-state index contributed by atoms with van der Waals surface area (Å²) in [6.07, 6.45) is 53.3. The largest absolute Gasteiger partial charge is 0.472 e. The Kier molecular flexibility index (Phi) is 44.9. The molecule has 0 radical (unpaired) electrons. The molecular formula is C51H91O10P. The van der Waals surface area contributed by atoms with E-state index in [-0.39, 0.29) is 19.4 Å². The Hall–Kier alpha value is -2.33. The summed E-state index contributed by atoms with van der Waals surface area (Å²) in [7, 11) is -4.63. The van der Waals surface area contributed by atoms with Crippen LogP contribution in [0.5, 0.6) is 0 Å². The highest BCUT2D eigenvalue weighted by molar-refractivity contribution is 7.47. The van der Waals surface area contributed by atoms with Crippen molar-refractivity contribution in [2.75, 3.05) is 26.4 Å². The van der Waals surface area contributed by atoms with Crippen molar-refractivity contribution in [3.63, 3.8) is 0 Å². The van der Waals surface area contributed by atoms with Gasteiger partial charge < -0.3 is 24.6 Å². The molecular weight excluding hydrogens is 804 g/mol. The molecule has 0 saturated heterocycles. The van der Waals surface area contributed by atoms with Crippen LogP contribution in [0.15, 0.2) is 60.8 Å². The van der Waals surface area contributed by atoms with Gasteiger partial charge in [-0.05, 0) is 57.8 Å². The van der Waals surface area contributed by atoms with Crippen LogP contribution in [0.2, 0.25) is 0 Å². The van der Waals surface area contributed by atoms with E-state index in [2.05, 4.69) is 74.6 Å². The molecule has 0 amide bonds. The smallest absolute Gasteiger partial charge is 0.462 e. The average Bonchev–Trinajstić information content (AvgIpc) is 3.26. The number of unbranched alkanes of at least 4 members (excludes halogenated alkanes) is 22. The minimum absolute atomic E-state index is 0.178. The van der Waals surface area contributed by atoms with Crippen molar-refractivity contribution in [2.24, 2.45) is 0 Å². The maximum atomic E-state index is 12.7. The number of ether oxygens (including phenoxy) is 2. The van der Waals surface area contributed by atoms with E-state index in [9.17, 15) is 24.2 Å². The van der Waals surface area contributed by atoms with Gasteiger partial charge in [-0.3, -0.25) is 18.6 Å². The highest BCUT2D eigenvalue weighted by Gasteiger charge is 2.27. The normalized spacial score (nSPS) is 14.2. The molecule has 3 atom stereocenters. The van der Waals surface area contributed by atoms with Crippen LogP contribution in [-0.4, -0.2) is 65.7 Å². The van der Waals surface area contributed by atoms with Crippen molar-refractivity contribution in [1.29, 1.82) is 0 Å². The predicted octanol–water partition coefficient (Wildman–Crippen LogP) is 13.8. The lowest BCUT2D eigenvalue weighted by atomic mass is 10.0. The van der Waals surface area contributed by atoms with Crippen molar-refractivity contribution < 1.29 is 47.8 Å². The molecule has 10 nitrogen and oxygen atoms in total. The molecule has 0 heterocycles. The molecule has 0 aromatic rings. The third kappa shape index (κ3) is 45.7. The second kappa shape index (κ2) is 46.7. The van der Waals surface area contributed by atoms with Crippen LogP contribution in [0.1, 0.15) is 213 Å². The van der Waals surface area contributed by atoms with Gasteiger partial charge in [-0.15, -0.1) is 0 Å². The van der Waals surface area contributed by atoms with Gasteiger partial charge in [-0.25, -0.2) is 4.57 Å². The Balaban J connectivity index is 4.25. The number of aliphatic hydroxyl groups is 2. The van der Waals surface area contributed by atoms with Gasteiger partial charge in [0.1, 0.15) is 12.7 Å². The minimum Gasteiger partial charge on any atom is -0.462 e. The standard InChI is InChI=1S/C51H91O10P/c1-3-5-7-9-11-13-15-17-19-21-23-25-27-29-31-33-35-37-39-41-43-51(55)61-49(47-60-62(56,57)59-45-48(53)44-52)46-58-50(54)42-40-38-36-34-32-30-28-26-24-22-20-18-16-14-12-10-8-6-4-2/h6,8,12,14,18,20,24,26,30,32,48-49,52-53H,3-5,7,9-11,13,15-17,19,21-23,25,27-29,31,33-47H2,1-2H3,(H,56,57)/b8-6+,14-12+,20-18+,26-24+,32-30+/t48-,49+/m0/s1. The zero-order valence-corrected chi connectivity index (χ0v) is 40.2. The van der Waals surface area contributed by atoms with Gasteiger partial charge in [0.25, 0.3) is 0 Å². The van der Waals surface area contributed by atoms with Gasteiger partial charge in [0.05, 0.1) is 19.8 Å². The quantitative estimate of drug-likeness (QED) is 0.0233. The first-order valence-corrected chi connectivity index (χ1v) is 26.2. The molecule has 3 N–H and O–H groups in total. The van der Waals surface area contributed by atoms with Crippen molar-refractivity contribution in [2.45, 2.75) is 225 Å². The van der Waals surface area contributed by atoms with Gasteiger partial charge in [-0.1, -0.05) is 203 Å². The number of rotatable bonds is 46. The molecule has 0 aliphatic carbocycles. The molecule has 0 aromatic heterocycles. The Morgan fingerprint density at radius 2 is 0.887 bits per heavy atom. The number of aliphatic hydroxyl groups excluding tert-OH is 2. The molecule has 0 bridgehead atoms. The van der Waals surface area contributed by atoms with Crippen LogP contribution >= 0.6 is 7.82 Å². The van der Waals surface area contributed by atoms with E-state index in [1.165, 1.54) is 103 Å². The summed E-state index contributed by atoms with van der Waals surface area (Å²) < 4.78 is 32.8. The number of esters is 2. The fourth-order valence-corrected chi connectivity index (χ4v) is 7.46. The van der Waals surface area contributed by atoms with Crippen LogP contribution in [0.25, 0.3) is 0 Å². The maximum Gasteiger partial charge on any atom is 0.472 e. The van der Waals surface area contributed by atoms with E-state index < -0.39 is 51.8 Å². The molecule has 360 valence electrons. The summed E-state index contributed by atoms with van der Waals surface area (Å²) in [4.78, 5) is 35.1. The number of phosphoric ester groups is 1. The van der Waals surface area contributed by atoms with E-state index >= 15 is 0 Å². The molecule has 0 fully saturated rings. The van der Waals surface area contributed by atoms with Crippen LogP contribution in [0.4, 0.5) is 0 Å². The molecule has 1 unspecified atom stereocenters. The first-order chi connectivity index (χ1) is 30.2. The number of phosphoric acid groups is 1. The summed E-state index contributed by atoms with van der Waals surface area (Å²) in [5.41, 5.74) is 0. The fourth-order valence-electron chi connectivity index (χ4n) is 6.67. The minimum atomic E-state index is -4.63. The lowest BCUT2D eigenvalue weighted by molar-refractivity contribution is -0.161. The number of carbonyl (C=O) groups is 2. The Bertz CT molecular complexity index is 1210. The Labute approximate surface area is 378 Å². The number of allylic oxidation sites excluding steroid dienone is 10. The summed E-state index contributed by atoms with van der Waals surface area (Å²) >= 11 is 0. The second-order valence-electron chi connectivity index (χ2n) is 16.5. The van der Waals surface area contributed by atoms with E-state index in [1.807, 2.05) is 0 Å². The maximum absolute atomic E-state index is 12.7. The highest BCUT2D eigenvalue weighted by atomic mass is 31.2. The second-order valence-corrected chi connectivity index (χ2v) is 17.9. The van der Waals surface area contributed by atoms with Crippen LogP contribution in [0.3, 0.4) is 0 Å². The fraction of sp³-hybridized carbons (Fsp3) is 0.765. The molecule has 0 aromatic carbocycles. The highest BCUT2D eigenvalue weighted by Crippen LogP contribution is 2.43. The van der Waals surface area contributed by atoms with Crippen molar-refractivity contribution in [1.82, 2.24) is 0 Å². The summed E-state index contributed by atoms with van der Waals surface area (Å²) in [5, 5.41) is 18.4. The van der Waals surface area contributed by atoms with Crippen molar-refractivity contribution in [3.05, 3.63) is 60.8 Å². The van der Waals surface area contributed by atoms with Gasteiger partial charge in [0.15, 0.2) is 6.10 Å². The molecule has 0 spiro atoms. The lowest BCUT2D eigenvalue weighted by Crippen LogP contribution is -2.29. The van der Waals surface area contributed by atoms with Crippen LogP contribution < -0.4 is 0 Å². The molecule has 0 aliphatic heterocycles. The summed E-state index contributed by atoms with van der Waals surface area (Å²) in [6.45, 7) is 2.26. The topological polar surface area (TPSA) is 149 Å². The van der Waals surface area contributed by atoms with Gasteiger partial charge >= 0.3 is 19.8 Å². The monoisotopic (exact) mass is 895 g/mol. The molecule has 0 rings (SSSR count). The van der Waals surface area contributed by atoms with Crippen LogP contribution in [-0.2, 0) is 32.7 Å². The Morgan fingerprint density at radius 3 is 1.34 bits per heavy atom. The lowest BCUT2D eigenvalue weighted by Gasteiger charge is -2.20. The number of carbonyl (C=O) groups excluding carboxylic acids is 2. The van der Waals surface area contributed by atoms with E-state index in [1.54, 1.807) is 0 Å². The number of hydrogen-bond acceptors (Lipinski definition) is 9. The van der Waals surface area contributed by atoms with E-state index in [0.717, 1.165) is 70.6 Å². The van der Waals surface area contributed by atoms with Crippen molar-refractivity contribution >= 4 is 19.8 Å².